The van der Waals surface area contributed by atoms with Gasteiger partial charge in [0.2, 0.25) is 0 Å². The van der Waals surface area contributed by atoms with Gasteiger partial charge in [0.25, 0.3) is 5.91 Å². The number of pyridine rings is 1. The molecule has 3 N–H and O–H groups in total. The molecule has 7 nitrogen and oxygen atoms in total. The van der Waals surface area contributed by atoms with Gasteiger partial charge < -0.3 is 25.2 Å². The van der Waals surface area contributed by atoms with Crippen LogP contribution in [0.3, 0.4) is 0 Å². The molecule has 0 atom stereocenters. The van der Waals surface area contributed by atoms with Crippen LogP contribution in [0.15, 0.2) is 36.5 Å². The van der Waals surface area contributed by atoms with Gasteiger partial charge in [-0.25, -0.2) is 9.37 Å². The Kier molecular flexibility index (Phi) is 8.87. The normalized spacial score (nSPS) is 10.1. The number of nitrogens with one attached hydrogen (secondary N) is 2. The highest BCUT2D eigenvalue weighted by Gasteiger charge is 2.14. The Morgan fingerprint density at radius 1 is 1.22 bits per heavy atom. The zero-order chi connectivity index (χ0) is 20.4. The zero-order valence-electron chi connectivity index (χ0n) is 15.6. The second-order valence-electron chi connectivity index (χ2n) is 5.82. The maximum Gasteiger partial charge on any atom is 0.274 e. The van der Waals surface area contributed by atoms with Gasteiger partial charge in [0.15, 0.2) is 5.69 Å². The molecular weight excluding hydrogens is 353 g/mol. The van der Waals surface area contributed by atoms with Gasteiger partial charge in [0, 0.05) is 11.8 Å². The average molecular weight is 377 g/mol. The highest BCUT2D eigenvalue weighted by atomic mass is 19.1. The van der Waals surface area contributed by atoms with Gasteiger partial charge in [0.05, 0.1) is 32.7 Å². The summed E-state index contributed by atoms with van der Waals surface area (Å²) in [6, 6.07) is 6.90. The number of halogens is 1. The standard InChI is InChI=1S/C14H11FN2O4.C5H13N/c15-10-3-1-2-8(4-10)9-5-11(18)13(16-6-9)14(21)17-7-12(19)20;1-4-6(3)5-2/h1-6,18H,7H2,(H,17,21)(H,19,20);4-5H2,1-3H3. The number of aliphatic carboxylic acids is 1. The van der Waals surface area contributed by atoms with Crippen molar-refractivity contribution in [2.75, 3.05) is 26.7 Å². The highest BCUT2D eigenvalue weighted by Crippen LogP contribution is 2.25. The summed E-state index contributed by atoms with van der Waals surface area (Å²) in [5, 5.41) is 22.0. The smallest absolute Gasteiger partial charge is 0.274 e. The van der Waals surface area contributed by atoms with E-state index >= 15 is 0 Å². The van der Waals surface area contributed by atoms with Crippen molar-refractivity contribution in [1.29, 1.82) is 0 Å². The van der Waals surface area contributed by atoms with Crippen LogP contribution in [0.4, 0.5) is 4.39 Å². The molecule has 146 valence electrons. The molecule has 0 spiro atoms. The minimum absolute atomic E-state index is 0.323. The fourth-order valence-corrected chi connectivity index (χ4v) is 1.94. The first-order valence-corrected chi connectivity index (χ1v) is 8.52. The first-order valence-electron chi connectivity index (χ1n) is 8.52. The lowest BCUT2D eigenvalue weighted by Gasteiger charge is -2.08. The van der Waals surface area contributed by atoms with Crippen LogP contribution in [-0.4, -0.2) is 48.6 Å². The van der Waals surface area contributed by atoms with Gasteiger partial charge in [-0.2, -0.15) is 0 Å². The number of amides is 1. The number of carbonyl (C=O) groups is 2. The van der Waals surface area contributed by atoms with Crippen LogP contribution in [0, 0.1) is 5.82 Å². The average Bonchev–Trinajstić information content (AvgIpc) is 2.65. The summed E-state index contributed by atoms with van der Waals surface area (Å²) in [5.74, 6) is -3.18. The molecule has 0 unspecified atom stereocenters. The maximum absolute atomic E-state index is 13.1. The van der Waals surface area contributed by atoms with Gasteiger partial charge in [-0.3, -0.25) is 4.79 Å². The van der Waals surface area contributed by atoms with Crippen molar-refractivity contribution in [1.82, 2.24) is 10.3 Å². The van der Waals surface area contributed by atoms with Crippen LogP contribution in [0.2, 0.25) is 0 Å². The van der Waals surface area contributed by atoms with Crippen molar-refractivity contribution in [3.05, 3.63) is 48.0 Å². The number of nitrogens with zero attached hydrogens (tertiary/aromatic N) is 1. The predicted molar refractivity (Wildman–Crippen MR) is 96.6 cm³/mol. The molecule has 27 heavy (non-hydrogen) atoms. The number of hydrogen-bond donors (Lipinski definition) is 3. The largest absolute Gasteiger partial charge is 0.548 e. The fraction of sp³-hybridized carbons (Fsp3) is 0.316. The molecule has 8 heteroatoms. The van der Waals surface area contributed by atoms with Gasteiger partial charge >= 0.3 is 0 Å². The summed E-state index contributed by atoms with van der Waals surface area (Å²) in [7, 11) is 2.19. The van der Waals surface area contributed by atoms with Crippen LogP contribution in [0.1, 0.15) is 24.3 Å². The number of rotatable bonds is 6. The number of quaternary nitrogens is 1. The monoisotopic (exact) mass is 377 g/mol. The van der Waals surface area contributed by atoms with E-state index in [4.69, 9.17) is 0 Å². The molecule has 0 fully saturated rings. The van der Waals surface area contributed by atoms with Crippen LogP contribution in [-0.2, 0) is 4.79 Å². The van der Waals surface area contributed by atoms with Gasteiger partial charge in [0.1, 0.15) is 11.6 Å². The maximum atomic E-state index is 13.1. The van der Waals surface area contributed by atoms with Crippen molar-refractivity contribution < 1.29 is 29.1 Å². The van der Waals surface area contributed by atoms with Crippen molar-refractivity contribution >= 4 is 11.9 Å². The zero-order valence-corrected chi connectivity index (χ0v) is 15.6. The lowest BCUT2D eigenvalue weighted by Crippen LogP contribution is -3.08. The molecule has 0 aliphatic heterocycles. The summed E-state index contributed by atoms with van der Waals surface area (Å²) in [5.41, 5.74) is 0.583. The highest BCUT2D eigenvalue weighted by molar-refractivity contribution is 5.96. The van der Waals surface area contributed by atoms with Crippen molar-refractivity contribution in [2.24, 2.45) is 0 Å². The second kappa shape index (κ2) is 10.9. The topological polar surface area (TPSA) is 107 Å². The van der Waals surface area contributed by atoms with E-state index in [1.165, 1.54) is 43.6 Å². The van der Waals surface area contributed by atoms with Gasteiger partial charge in [-0.05, 0) is 37.6 Å². The molecule has 2 aromatic rings. The molecule has 0 aliphatic carbocycles. The molecule has 0 aliphatic rings. The molecule has 1 aromatic heterocycles. The number of aromatic hydroxyl groups is 1. The van der Waals surface area contributed by atoms with E-state index in [0.717, 1.165) is 0 Å². The third-order valence-corrected chi connectivity index (χ3v) is 3.84. The predicted octanol–water partition coefficient (Wildman–Crippen LogP) is -0.386. The number of hydrogen-bond acceptors (Lipinski definition) is 5. The Morgan fingerprint density at radius 2 is 1.89 bits per heavy atom. The Labute approximate surface area is 157 Å². The number of carboxylic acid groups (broad SMARTS) is 1. The first-order chi connectivity index (χ1) is 12.8. The summed E-state index contributed by atoms with van der Waals surface area (Å²) < 4.78 is 13.1. The van der Waals surface area contributed by atoms with Crippen LogP contribution < -0.4 is 15.3 Å². The molecule has 2 rings (SSSR count). The lowest BCUT2D eigenvalue weighted by atomic mass is 10.1. The van der Waals surface area contributed by atoms with E-state index in [-0.39, 0.29) is 5.69 Å². The number of carboxylic acids is 1. The summed E-state index contributed by atoms with van der Waals surface area (Å²) >= 11 is 0. The fourth-order valence-electron chi connectivity index (χ4n) is 1.94. The van der Waals surface area contributed by atoms with E-state index in [1.54, 1.807) is 11.0 Å². The number of aromatic nitrogens is 1. The van der Waals surface area contributed by atoms with E-state index in [1.807, 2.05) is 5.32 Å². The molecule has 0 bridgehead atoms. The summed E-state index contributed by atoms with van der Waals surface area (Å²) in [6.45, 7) is 6.19. The Balaban J connectivity index is 0.000000527. The first kappa shape index (κ1) is 22.0. The van der Waals surface area contributed by atoms with E-state index in [2.05, 4.69) is 25.9 Å². The molecule has 1 heterocycles. The minimum Gasteiger partial charge on any atom is -0.548 e. The van der Waals surface area contributed by atoms with Crippen molar-refractivity contribution in [3.63, 3.8) is 0 Å². The molecule has 0 radical (unpaired) electrons. The van der Waals surface area contributed by atoms with Gasteiger partial charge in [-0.1, -0.05) is 12.1 Å². The quantitative estimate of drug-likeness (QED) is 0.636. The lowest BCUT2D eigenvalue weighted by molar-refractivity contribution is -0.875. The Bertz CT molecular complexity index is 779. The van der Waals surface area contributed by atoms with Crippen molar-refractivity contribution in [2.45, 2.75) is 13.8 Å². The van der Waals surface area contributed by atoms with E-state index in [0.29, 0.717) is 11.1 Å². The van der Waals surface area contributed by atoms with E-state index < -0.39 is 30.0 Å². The minimum atomic E-state index is -1.46. The molecule has 1 aromatic carbocycles. The van der Waals surface area contributed by atoms with E-state index in [9.17, 15) is 24.2 Å². The number of benzene rings is 1. The Morgan fingerprint density at radius 3 is 2.37 bits per heavy atom. The van der Waals surface area contributed by atoms with Crippen LogP contribution >= 0.6 is 0 Å². The van der Waals surface area contributed by atoms with Gasteiger partial charge in [-0.15, -0.1) is 0 Å². The molecule has 1 amide bonds. The Hall–Kier alpha value is -3.00. The molecule has 0 saturated carbocycles. The SMILES string of the molecule is CC[NH+](C)CC.O=C([O-])CNC(=O)c1ncc(-c2cccc(F)c2)cc1O. The summed E-state index contributed by atoms with van der Waals surface area (Å²) in [4.78, 5) is 27.2. The third kappa shape index (κ3) is 7.41. The molecular formula is C19H24FN3O4. The third-order valence-electron chi connectivity index (χ3n) is 3.84. The number of carbonyl (C=O) groups excluding carboxylic acids is 2. The van der Waals surface area contributed by atoms with Crippen LogP contribution in [0.5, 0.6) is 5.75 Å². The summed E-state index contributed by atoms with van der Waals surface area (Å²) in [6.07, 6.45) is 1.28. The van der Waals surface area contributed by atoms with Crippen molar-refractivity contribution in [3.8, 4) is 16.9 Å². The molecule has 0 saturated heterocycles. The van der Waals surface area contributed by atoms with Crippen LogP contribution in [0.25, 0.3) is 11.1 Å². The second-order valence-corrected chi connectivity index (χ2v) is 5.82.